The van der Waals surface area contributed by atoms with Crippen LogP contribution in [0.1, 0.15) is 33.8 Å². The molecule has 2 N–H and O–H groups in total. The fourth-order valence-electron chi connectivity index (χ4n) is 3.03. The Labute approximate surface area is 180 Å². The molecule has 1 aliphatic rings. The standard InChI is InChI=1S/C22H23N3O3S2/c1-15-24-21(14-29-15)17-4-2-16(3-5-17)12-13-23-22(26)18-6-10-20(11-7-18)30(27,28)25-19-8-9-19/h2-7,10-11,14,19,25H,8-9,12-13H2,1H3,(H,23,26). The molecule has 1 fully saturated rings. The SMILES string of the molecule is Cc1nc(-c2ccc(CCNC(=O)c3ccc(S(=O)(=O)NC4CC4)cc3)cc2)cs1. The molecule has 2 aromatic carbocycles. The molecule has 30 heavy (non-hydrogen) atoms. The first-order valence-electron chi connectivity index (χ1n) is 9.83. The van der Waals surface area contributed by atoms with Gasteiger partial charge in [0.2, 0.25) is 10.0 Å². The quantitative estimate of drug-likeness (QED) is 0.560. The van der Waals surface area contributed by atoms with Gasteiger partial charge in [-0.1, -0.05) is 24.3 Å². The fourth-order valence-corrected chi connectivity index (χ4v) is 4.96. The largest absolute Gasteiger partial charge is 0.352 e. The van der Waals surface area contributed by atoms with Crippen molar-refractivity contribution < 1.29 is 13.2 Å². The number of hydrogen-bond donors (Lipinski definition) is 2. The third-order valence-corrected chi connectivity index (χ3v) is 7.20. The molecule has 1 aromatic heterocycles. The van der Waals surface area contributed by atoms with Gasteiger partial charge in [-0.2, -0.15) is 0 Å². The zero-order chi connectivity index (χ0) is 21.1. The third-order valence-electron chi connectivity index (χ3n) is 4.89. The van der Waals surface area contributed by atoms with E-state index in [2.05, 4.69) is 15.0 Å². The molecule has 1 saturated carbocycles. The minimum Gasteiger partial charge on any atom is -0.352 e. The van der Waals surface area contributed by atoms with Gasteiger partial charge in [-0.25, -0.2) is 18.1 Å². The van der Waals surface area contributed by atoms with E-state index in [1.54, 1.807) is 23.5 Å². The number of rotatable bonds is 8. The van der Waals surface area contributed by atoms with Crippen LogP contribution in [0.2, 0.25) is 0 Å². The van der Waals surface area contributed by atoms with Crippen LogP contribution in [0.4, 0.5) is 0 Å². The van der Waals surface area contributed by atoms with Gasteiger partial charge in [-0.3, -0.25) is 4.79 Å². The predicted molar refractivity (Wildman–Crippen MR) is 118 cm³/mol. The summed E-state index contributed by atoms with van der Waals surface area (Å²) in [6.07, 6.45) is 2.47. The van der Waals surface area contributed by atoms with Crippen LogP contribution in [-0.4, -0.2) is 31.9 Å². The first-order chi connectivity index (χ1) is 14.4. The molecule has 0 spiro atoms. The van der Waals surface area contributed by atoms with E-state index in [-0.39, 0.29) is 16.8 Å². The van der Waals surface area contributed by atoms with Crippen molar-refractivity contribution in [1.29, 1.82) is 0 Å². The molecular weight excluding hydrogens is 418 g/mol. The highest BCUT2D eigenvalue weighted by Crippen LogP contribution is 2.23. The summed E-state index contributed by atoms with van der Waals surface area (Å²) in [5.74, 6) is -0.219. The van der Waals surface area contributed by atoms with Crippen molar-refractivity contribution in [3.8, 4) is 11.3 Å². The first kappa shape index (κ1) is 20.7. The van der Waals surface area contributed by atoms with Crippen molar-refractivity contribution in [2.75, 3.05) is 6.54 Å². The second-order valence-electron chi connectivity index (χ2n) is 7.37. The average molecular weight is 442 g/mol. The normalized spacial score (nSPS) is 13.9. The summed E-state index contributed by atoms with van der Waals surface area (Å²) in [6, 6.07) is 14.3. The molecule has 0 bridgehead atoms. The molecule has 1 aliphatic carbocycles. The Hall–Kier alpha value is -2.55. The van der Waals surface area contributed by atoms with Gasteiger partial charge in [0.25, 0.3) is 5.91 Å². The van der Waals surface area contributed by atoms with Crippen molar-refractivity contribution in [3.63, 3.8) is 0 Å². The molecule has 1 heterocycles. The number of aromatic nitrogens is 1. The summed E-state index contributed by atoms with van der Waals surface area (Å²) >= 11 is 1.63. The van der Waals surface area contributed by atoms with Crippen molar-refractivity contribution in [1.82, 2.24) is 15.0 Å². The number of sulfonamides is 1. The highest BCUT2D eigenvalue weighted by atomic mass is 32.2. The van der Waals surface area contributed by atoms with E-state index >= 15 is 0 Å². The molecular formula is C22H23N3O3S2. The maximum Gasteiger partial charge on any atom is 0.251 e. The summed E-state index contributed by atoms with van der Waals surface area (Å²) in [6.45, 7) is 2.49. The van der Waals surface area contributed by atoms with E-state index in [1.807, 2.05) is 36.6 Å². The smallest absolute Gasteiger partial charge is 0.251 e. The van der Waals surface area contributed by atoms with E-state index in [1.165, 1.54) is 12.1 Å². The van der Waals surface area contributed by atoms with Gasteiger partial charge in [0.05, 0.1) is 15.6 Å². The van der Waals surface area contributed by atoms with Gasteiger partial charge >= 0.3 is 0 Å². The number of carbonyl (C=O) groups excluding carboxylic acids is 1. The second-order valence-corrected chi connectivity index (χ2v) is 10.2. The lowest BCUT2D eigenvalue weighted by atomic mass is 10.1. The lowest BCUT2D eigenvalue weighted by Crippen LogP contribution is -2.27. The fraction of sp³-hybridized carbons (Fsp3) is 0.273. The van der Waals surface area contributed by atoms with E-state index in [0.717, 1.165) is 34.7 Å². The number of carbonyl (C=O) groups is 1. The predicted octanol–water partition coefficient (Wildman–Crippen LogP) is 3.53. The molecule has 4 rings (SSSR count). The monoisotopic (exact) mass is 441 g/mol. The lowest BCUT2D eigenvalue weighted by Gasteiger charge is -2.08. The number of hydrogen-bond acceptors (Lipinski definition) is 5. The second kappa shape index (κ2) is 8.67. The summed E-state index contributed by atoms with van der Waals surface area (Å²) in [7, 11) is -3.50. The highest BCUT2D eigenvalue weighted by Gasteiger charge is 2.27. The molecule has 156 valence electrons. The van der Waals surface area contributed by atoms with Crippen molar-refractivity contribution in [3.05, 3.63) is 70.0 Å². The molecule has 0 saturated heterocycles. The van der Waals surface area contributed by atoms with E-state index in [4.69, 9.17) is 0 Å². The number of thiazole rings is 1. The van der Waals surface area contributed by atoms with Crippen LogP contribution in [-0.2, 0) is 16.4 Å². The number of aryl methyl sites for hydroxylation is 1. The Kier molecular flexibility index (Phi) is 5.99. The number of amides is 1. The third kappa shape index (κ3) is 5.13. The zero-order valence-corrected chi connectivity index (χ0v) is 18.2. The Morgan fingerprint density at radius 2 is 1.80 bits per heavy atom. The van der Waals surface area contributed by atoms with Gasteiger partial charge in [0.1, 0.15) is 0 Å². The summed E-state index contributed by atoms with van der Waals surface area (Å²) in [4.78, 5) is 17.0. The molecule has 0 atom stereocenters. The van der Waals surface area contributed by atoms with Gasteiger partial charge < -0.3 is 5.32 Å². The number of benzene rings is 2. The zero-order valence-electron chi connectivity index (χ0n) is 16.6. The summed E-state index contributed by atoms with van der Waals surface area (Å²) < 4.78 is 27.0. The van der Waals surface area contributed by atoms with Crippen LogP contribution >= 0.6 is 11.3 Å². The topological polar surface area (TPSA) is 88.2 Å². The highest BCUT2D eigenvalue weighted by molar-refractivity contribution is 7.89. The minimum atomic E-state index is -3.50. The van der Waals surface area contributed by atoms with E-state index in [9.17, 15) is 13.2 Å². The maximum atomic E-state index is 12.3. The van der Waals surface area contributed by atoms with Crippen molar-refractivity contribution in [2.45, 2.75) is 37.1 Å². The summed E-state index contributed by atoms with van der Waals surface area (Å²) in [5, 5.41) is 5.97. The van der Waals surface area contributed by atoms with Crippen LogP contribution < -0.4 is 10.0 Å². The van der Waals surface area contributed by atoms with Crippen LogP contribution in [0.15, 0.2) is 58.8 Å². The van der Waals surface area contributed by atoms with Crippen LogP contribution in [0, 0.1) is 6.92 Å². The van der Waals surface area contributed by atoms with Crippen LogP contribution in [0.25, 0.3) is 11.3 Å². The number of nitrogens with one attached hydrogen (secondary N) is 2. The molecule has 6 nitrogen and oxygen atoms in total. The average Bonchev–Trinajstić information content (AvgIpc) is 3.44. The maximum absolute atomic E-state index is 12.3. The van der Waals surface area contributed by atoms with Gasteiger partial charge in [0, 0.05) is 29.1 Å². The molecule has 0 aliphatic heterocycles. The first-order valence-corrected chi connectivity index (χ1v) is 12.2. The van der Waals surface area contributed by atoms with Gasteiger partial charge in [0.15, 0.2) is 0 Å². The molecule has 1 amide bonds. The lowest BCUT2D eigenvalue weighted by molar-refractivity contribution is 0.0954. The van der Waals surface area contributed by atoms with Crippen molar-refractivity contribution >= 4 is 27.3 Å². The van der Waals surface area contributed by atoms with E-state index < -0.39 is 10.0 Å². The molecule has 0 unspecified atom stereocenters. The van der Waals surface area contributed by atoms with Gasteiger partial charge in [-0.15, -0.1) is 11.3 Å². The Balaban J connectivity index is 1.29. The van der Waals surface area contributed by atoms with Crippen LogP contribution in [0.5, 0.6) is 0 Å². The molecule has 0 radical (unpaired) electrons. The Bertz CT molecular complexity index is 1130. The van der Waals surface area contributed by atoms with Gasteiger partial charge in [-0.05, 0) is 56.0 Å². The number of nitrogens with zero attached hydrogens (tertiary/aromatic N) is 1. The molecule has 3 aromatic rings. The summed E-state index contributed by atoms with van der Waals surface area (Å²) in [5.41, 5.74) is 3.63. The minimum absolute atomic E-state index is 0.0534. The van der Waals surface area contributed by atoms with E-state index in [0.29, 0.717) is 18.5 Å². The Morgan fingerprint density at radius 3 is 2.40 bits per heavy atom. The Morgan fingerprint density at radius 1 is 1.10 bits per heavy atom. The van der Waals surface area contributed by atoms with Crippen molar-refractivity contribution in [2.24, 2.45) is 0 Å². The van der Waals surface area contributed by atoms with Crippen LogP contribution in [0.3, 0.4) is 0 Å². The molecule has 8 heteroatoms.